The second-order valence-electron chi connectivity index (χ2n) is 5.71. The van der Waals surface area contributed by atoms with E-state index in [1.54, 1.807) is 0 Å². The van der Waals surface area contributed by atoms with Gasteiger partial charge in [-0.1, -0.05) is 31.5 Å². The summed E-state index contributed by atoms with van der Waals surface area (Å²) < 4.78 is 0. The molecule has 1 heterocycles. The Morgan fingerprint density at radius 3 is 2.95 bits per heavy atom. The molecule has 0 bridgehead atoms. The number of pyridine rings is 1. The number of benzene rings is 1. The number of nitrogens with zero attached hydrogens (tertiary/aromatic N) is 1. The van der Waals surface area contributed by atoms with Gasteiger partial charge in [0.25, 0.3) is 0 Å². The highest BCUT2D eigenvalue weighted by Gasteiger charge is 2.26. The molecule has 1 aliphatic rings. The summed E-state index contributed by atoms with van der Waals surface area (Å²) in [5, 5.41) is 10.4. The van der Waals surface area contributed by atoms with E-state index in [0.717, 1.165) is 53.4 Å². The molecule has 1 atom stereocenters. The summed E-state index contributed by atoms with van der Waals surface area (Å²) >= 11 is 0. The fourth-order valence-corrected chi connectivity index (χ4v) is 3.27. The Bertz CT molecular complexity index is 691. The smallest absolute Gasteiger partial charge is 0.336 e. The molecule has 1 aromatic heterocycles. The largest absolute Gasteiger partial charge is 0.478 e. The molecule has 0 radical (unpaired) electrons. The number of aromatic nitrogens is 1. The van der Waals surface area contributed by atoms with Gasteiger partial charge < -0.3 is 5.11 Å². The molecule has 0 fully saturated rings. The summed E-state index contributed by atoms with van der Waals surface area (Å²) in [6, 6.07) is 5.79. The van der Waals surface area contributed by atoms with Crippen LogP contribution in [0.1, 0.15) is 46.9 Å². The number of rotatable bonds is 2. The Hall–Kier alpha value is -1.90. The van der Waals surface area contributed by atoms with Crippen LogP contribution in [0, 0.1) is 12.8 Å². The number of carboxylic acids is 1. The zero-order valence-electron chi connectivity index (χ0n) is 11.9. The number of aromatic carboxylic acids is 1. The number of aryl methyl sites for hydroxylation is 2. The molecular weight excluding hydrogens is 250 g/mol. The monoisotopic (exact) mass is 269 g/mol. The van der Waals surface area contributed by atoms with E-state index in [0.29, 0.717) is 11.5 Å². The zero-order valence-corrected chi connectivity index (χ0v) is 11.9. The standard InChI is InChI=1S/C17H19NO2/c1-3-11-7-8-14-13(9-11)15(17(19)20)12-6-4-5-10(2)16(12)18-14/h4-6,11H,3,7-9H2,1-2H3,(H,19,20). The van der Waals surface area contributed by atoms with Crippen molar-refractivity contribution in [3.8, 4) is 0 Å². The Kier molecular flexibility index (Phi) is 3.20. The SMILES string of the molecule is CCC1CCc2nc3c(C)cccc3c(C(=O)O)c2C1. The molecule has 3 nitrogen and oxygen atoms in total. The maximum absolute atomic E-state index is 11.8. The van der Waals surface area contributed by atoms with Crippen LogP contribution in [-0.2, 0) is 12.8 Å². The fraction of sp³-hybridized carbons (Fsp3) is 0.412. The third kappa shape index (κ3) is 1.98. The first-order chi connectivity index (χ1) is 9.61. The van der Waals surface area contributed by atoms with E-state index >= 15 is 0 Å². The minimum absolute atomic E-state index is 0.479. The van der Waals surface area contributed by atoms with Crippen molar-refractivity contribution < 1.29 is 9.90 Å². The third-order valence-electron chi connectivity index (χ3n) is 4.48. The summed E-state index contributed by atoms with van der Waals surface area (Å²) in [5.41, 5.74) is 4.33. The minimum Gasteiger partial charge on any atom is -0.478 e. The van der Waals surface area contributed by atoms with E-state index in [-0.39, 0.29) is 0 Å². The Morgan fingerprint density at radius 2 is 2.25 bits per heavy atom. The molecule has 0 spiro atoms. The molecule has 3 rings (SSSR count). The lowest BCUT2D eigenvalue weighted by molar-refractivity contribution is 0.0697. The van der Waals surface area contributed by atoms with Crippen LogP contribution in [0.4, 0.5) is 0 Å². The van der Waals surface area contributed by atoms with Crippen molar-refractivity contribution in [2.24, 2.45) is 5.92 Å². The van der Waals surface area contributed by atoms with Gasteiger partial charge in [-0.2, -0.15) is 0 Å². The van der Waals surface area contributed by atoms with E-state index in [4.69, 9.17) is 4.98 Å². The number of hydrogen-bond donors (Lipinski definition) is 1. The molecule has 0 saturated heterocycles. The van der Waals surface area contributed by atoms with E-state index in [2.05, 4.69) is 6.92 Å². The number of fused-ring (bicyclic) bond motifs is 2. The highest BCUT2D eigenvalue weighted by molar-refractivity contribution is 6.04. The van der Waals surface area contributed by atoms with E-state index in [1.165, 1.54) is 0 Å². The summed E-state index contributed by atoms with van der Waals surface area (Å²) in [5.74, 6) is -0.235. The lowest BCUT2D eigenvalue weighted by Crippen LogP contribution is -2.19. The quantitative estimate of drug-likeness (QED) is 0.903. The second kappa shape index (κ2) is 4.89. The van der Waals surface area contributed by atoms with Gasteiger partial charge in [0.15, 0.2) is 0 Å². The van der Waals surface area contributed by atoms with Gasteiger partial charge in [-0.25, -0.2) is 4.79 Å². The van der Waals surface area contributed by atoms with E-state index in [9.17, 15) is 9.90 Å². The van der Waals surface area contributed by atoms with Gasteiger partial charge in [-0.3, -0.25) is 4.98 Å². The van der Waals surface area contributed by atoms with Gasteiger partial charge in [0.05, 0.1) is 11.1 Å². The van der Waals surface area contributed by atoms with Crippen molar-refractivity contribution in [1.82, 2.24) is 4.98 Å². The van der Waals surface area contributed by atoms with Crippen molar-refractivity contribution in [1.29, 1.82) is 0 Å². The Balaban J connectivity index is 2.32. The predicted octanol–water partition coefficient (Wildman–Crippen LogP) is 3.76. The summed E-state index contributed by atoms with van der Waals surface area (Å²) in [7, 11) is 0. The van der Waals surface area contributed by atoms with E-state index < -0.39 is 5.97 Å². The lowest BCUT2D eigenvalue weighted by atomic mass is 9.82. The minimum atomic E-state index is -0.823. The first-order valence-corrected chi connectivity index (χ1v) is 7.26. The summed E-state index contributed by atoms with van der Waals surface area (Å²) in [6.07, 6.45) is 3.97. The maximum atomic E-state index is 11.8. The van der Waals surface area contributed by atoms with Crippen molar-refractivity contribution in [2.45, 2.75) is 39.5 Å². The molecule has 20 heavy (non-hydrogen) atoms. The van der Waals surface area contributed by atoms with Crippen LogP contribution in [0.3, 0.4) is 0 Å². The van der Waals surface area contributed by atoms with Crippen LogP contribution in [0.5, 0.6) is 0 Å². The normalized spacial score (nSPS) is 18.0. The summed E-state index contributed by atoms with van der Waals surface area (Å²) in [6.45, 7) is 4.17. The highest BCUT2D eigenvalue weighted by Crippen LogP contribution is 2.33. The molecule has 3 heteroatoms. The number of para-hydroxylation sites is 1. The van der Waals surface area contributed by atoms with Crippen LogP contribution in [0.25, 0.3) is 10.9 Å². The number of carbonyl (C=O) groups is 1. The molecule has 0 saturated carbocycles. The Labute approximate surface area is 118 Å². The first kappa shape index (κ1) is 13.1. The highest BCUT2D eigenvalue weighted by atomic mass is 16.4. The molecule has 1 N–H and O–H groups in total. The van der Waals surface area contributed by atoms with Crippen LogP contribution < -0.4 is 0 Å². The molecular formula is C17H19NO2. The lowest BCUT2D eigenvalue weighted by Gasteiger charge is -2.25. The second-order valence-corrected chi connectivity index (χ2v) is 5.71. The fourth-order valence-electron chi connectivity index (χ4n) is 3.27. The predicted molar refractivity (Wildman–Crippen MR) is 79.2 cm³/mol. The van der Waals surface area contributed by atoms with Crippen molar-refractivity contribution >= 4 is 16.9 Å². The van der Waals surface area contributed by atoms with E-state index in [1.807, 2.05) is 25.1 Å². The molecule has 1 aliphatic carbocycles. The first-order valence-electron chi connectivity index (χ1n) is 7.26. The molecule has 0 aliphatic heterocycles. The van der Waals surface area contributed by atoms with Crippen molar-refractivity contribution in [3.05, 3.63) is 40.6 Å². The molecule has 2 aromatic rings. The van der Waals surface area contributed by atoms with Crippen LogP contribution in [-0.4, -0.2) is 16.1 Å². The number of hydrogen-bond acceptors (Lipinski definition) is 2. The molecule has 0 amide bonds. The van der Waals surface area contributed by atoms with Gasteiger partial charge in [0.2, 0.25) is 0 Å². The van der Waals surface area contributed by atoms with Gasteiger partial charge in [-0.05, 0) is 43.2 Å². The number of carboxylic acid groups (broad SMARTS) is 1. The van der Waals surface area contributed by atoms with Crippen molar-refractivity contribution in [3.63, 3.8) is 0 Å². The molecule has 104 valence electrons. The average molecular weight is 269 g/mol. The summed E-state index contributed by atoms with van der Waals surface area (Å²) in [4.78, 5) is 16.5. The maximum Gasteiger partial charge on any atom is 0.336 e. The third-order valence-corrected chi connectivity index (χ3v) is 4.48. The van der Waals surface area contributed by atoms with Crippen molar-refractivity contribution in [2.75, 3.05) is 0 Å². The zero-order chi connectivity index (χ0) is 14.3. The van der Waals surface area contributed by atoms with Gasteiger partial charge in [0.1, 0.15) is 0 Å². The van der Waals surface area contributed by atoms with Crippen LogP contribution in [0.2, 0.25) is 0 Å². The molecule has 1 aromatic carbocycles. The average Bonchev–Trinajstić information content (AvgIpc) is 2.44. The van der Waals surface area contributed by atoms with Crippen LogP contribution >= 0.6 is 0 Å². The van der Waals surface area contributed by atoms with Gasteiger partial charge >= 0.3 is 5.97 Å². The molecule has 1 unspecified atom stereocenters. The Morgan fingerprint density at radius 1 is 1.45 bits per heavy atom. The van der Waals surface area contributed by atoms with Gasteiger partial charge in [0, 0.05) is 11.1 Å². The van der Waals surface area contributed by atoms with Gasteiger partial charge in [-0.15, -0.1) is 0 Å². The topological polar surface area (TPSA) is 50.2 Å². The van der Waals surface area contributed by atoms with Crippen LogP contribution in [0.15, 0.2) is 18.2 Å².